The SMILES string of the molecule is CC(C)c1cc(-c2ccccc2)cc(C(C)C)c1-n1c(-c2[c-]ccc3c2oc2c4c(ccc23)-c2ccccc2C4(C)C)nc2ccccc21.[2H]C([2H])([2H])c1ccc(-c2[c-]cc(C)cc2)nc1.[Ir]. The molecule has 1 aliphatic rings. The number of nitrogens with zero attached hydrogens (tertiary/aromatic N) is 3. The third-order valence-corrected chi connectivity index (χ3v) is 12.7. The first kappa shape index (κ1) is 39.2. The summed E-state index contributed by atoms with van der Waals surface area (Å²) in [5.74, 6) is 1.41. The normalized spacial score (nSPS) is 13.5. The standard InChI is InChI=1S/C46H39N2O.C13H12N.Ir/c1-27(2)36-25-30(29-15-8-7-9-16-29)26-37(28(3)4)42(36)48-40-22-13-12-21-39(40)47-45(48)35-19-14-18-33-34-24-23-32-31-17-10-11-20-38(31)46(5,6)41(32)44(34)49-43(33)35;1-10-3-6-12(7-4-10)13-8-5-11(2)9-14-13;/h7-18,20-28H,1-6H3;3-6,8-9H,1-2H3;/q2*-1;/i;2D3;. The van der Waals surface area contributed by atoms with Gasteiger partial charge in [0.05, 0.1) is 22.4 Å². The third kappa shape index (κ3) is 7.31. The van der Waals surface area contributed by atoms with Crippen molar-refractivity contribution in [2.24, 2.45) is 0 Å². The van der Waals surface area contributed by atoms with Gasteiger partial charge in [-0.05, 0) is 93.2 Å². The molecule has 3 aromatic heterocycles. The summed E-state index contributed by atoms with van der Waals surface area (Å²) in [5.41, 5.74) is 18.9. The zero-order valence-electron chi connectivity index (χ0n) is 40.2. The molecule has 11 rings (SSSR count). The molecule has 7 aromatic carbocycles. The van der Waals surface area contributed by atoms with Crippen molar-refractivity contribution in [2.45, 2.75) is 72.6 Å². The molecule has 0 amide bonds. The van der Waals surface area contributed by atoms with Gasteiger partial charge in [-0.3, -0.25) is 4.98 Å². The molecule has 0 saturated heterocycles. The number of fused-ring (bicyclic) bond motifs is 8. The van der Waals surface area contributed by atoms with Crippen LogP contribution in [0.15, 0.2) is 156 Å². The van der Waals surface area contributed by atoms with Gasteiger partial charge in [-0.2, -0.15) is 0 Å². The molecule has 3 heterocycles. The van der Waals surface area contributed by atoms with E-state index in [9.17, 15) is 0 Å². The maximum Gasteiger partial charge on any atom is 0.125 e. The topological polar surface area (TPSA) is 43.9 Å². The molecular formula is C59H51IrN3O-2. The minimum atomic E-state index is -2.09. The first-order chi connectivity index (χ1) is 31.7. The summed E-state index contributed by atoms with van der Waals surface area (Å²) < 4.78 is 31.3. The van der Waals surface area contributed by atoms with Crippen LogP contribution in [0.3, 0.4) is 0 Å². The van der Waals surface area contributed by atoms with Crippen LogP contribution in [-0.4, -0.2) is 14.5 Å². The summed E-state index contributed by atoms with van der Waals surface area (Å²) in [6, 6.07) is 57.3. The summed E-state index contributed by atoms with van der Waals surface area (Å²) in [6.07, 6.45) is 1.40. The Kier molecular flexibility index (Phi) is 10.4. The van der Waals surface area contributed by atoms with Crippen molar-refractivity contribution in [3.8, 4) is 50.6 Å². The van der Waals surface area contributed by atoms with Gasteiger partial charge in [-0.1, -0.05) is 150 Å². The molecule has 0 bridgehead atoms. The van der Waals surface area contributed by atoms with E-state index in [0.717, 1.165) is 61.2 Å². The van der Waals surface area contributed by atoms with E-state index in [-0.39, 0.29) is 42.9 Å². The molecule has 0 saturated carbocycles. The van der Waals surface area contributed by atoms with Gasteiger partial charge >= 0.3 is 0 Å². The van der Waals surface area contributed by atoms with Crippen molar-refractivity contribution in [3.63, 3.8) is 0 Å². The van der Waals surface area contributed by atoms with E-state index in [4.69, 9.17) is 13.5 Å². The molecule has 319 valence electrons. The number of aromatic nitrogens is 3. The van der Waals surface area contributed by atoms with Crippen LogP contribution in [0.25, 0.3) is 83.6 Å². The van der Waals surface area contributed by atoms with E-state index in [0.29, 0.717) is 0 Å². The fourth-order valence-corrected chi connectivity index (χ4v) is 9.46. The molecule has 1 radical (unpaired) electrons. The minimum absolute atomic E-state index is 0. The molecule has 0 fully saturated rings. The van der Waals surface area contributed by atoms with Gasteiger partial charge < -0.3 is 14.0 Å². The van der Waals surface area contributed by atoms with E-state index in [1.807, 2.05) is 31.2 Å². The van der Waals surface area contributed by atoms with Gasteiger partial charge in [0.25, 0.3) is 0 Å². The molecule has 0 atom stereocenters. The molecular weight excluding hydrogens is 959 g/mol. The van der Waals surface area contributed by atoms with E-state index < -0.39 is 6.85 Å². The predicted octanol–water partition coefficient (Wildman–Crippen LogP) is 15.8. The van der Waals surface area contributed by atoms with Crippen molar-refractivity contribution < 1.29 is 28.6 Å². The number of para-hydroxylation sites is 2. The minimum Gasteiger partial charge on any atom is -0.500 e. The number of pyridine rings is 1. The van der Waals surface area contributed by atoms with Crippen LogP contribution < -0.4 is 0 Å². The molecule has 1 aliphatic carbocycles. The summed E-state index contributed by atoms with van der Waals surface area (Å²) >= 11 is 0. The Hall–Kier alpha value is -6.39. The van der Waals surface area contributed by atoms with Gasteiger partial charge in [0.1, 0.15) is 5.58 Å². The van der Waals surface area contributed by atoms with Crippen molar-refractivity contribution in [2.75, 3.05) is 0 Å². The van der Waals surface area contributed by atoms with Gasteiger partial charge in [-0.25, -0.2) is 0 Å². The Labute approximate surface area is 394 Å². The Morgan fingerprint density at radius 2 is 1.39 bits per heavy atom. The second kappa shape index (κ2) is 17.0. The number of imidazole rings is 1. The van der Waals surface area contributed by atoms with E-state index in [2.05, 4.69) is 172 Å². The van der Waals surface area contributed by atoms with Gasteiger partial charge in [-0.15, -0.1) is 53.6 Å². The fourth-order valence-electron chi connectivity index (χ4n) is 9.46. The number of hydrogen-bond acceptors (Lipinski definition) is 3. The van der Waals surface area contributed by atoms with Crippen molar-refractivity contribution in [1.82, 2.24) is 14.5 Å². The summed E-state index contributed by atoms with van der Waals surface area (Å²) in [4.78, 5) is 9.52. The molecule has 0 N–H and O–H groups in total. The second-order valence-corrected chi connectivity index (χ2v) is 17.9. The number of benzene rings is 7. The summed E-state index contributed by atoms with van der Waals surface area (Å²) in [5, 5.41) is 2.22. The Bertz CT molecular complexity index is 3410. The average molecular weight is 1010 g/mol. The van der Waals surface area contributed by atoms with Gasteiger partial charge in [0.2, 0.25) is 0 Å². The largest absolute Gasteiger partial charge is 0.500 e. The smallest absolute Gasteiger partial charge is 0.125 e. The van der Waals surface area contributed by atoms with Gasteiger partial charge in [0.15, 0.2) is 0 Å². The van der Waals surface area contributed by atoms with Crippen LogP contribution in [0, 0.1) is 25.9 Å². The zero-order valence-corrected chi connectivity index (χ0v) is 39.6. The summed E-state index contributed by atoms with van der Waals surface area (Å²) in [6.45, 7) is 13.7. The van der Waals surface area contributed by atoms with Crippen LogP contribution in [0.5, 0.6) is 0 Å². The van der Waals surface area contributed by atoms with E-state index in [1.54, 1.807) is 12.1 Å². The van der Waals surface area contributed by atoms with Gasteiger partial charge in [0, 0.05) is 52.5 Å². The number of aryl methyl sites for hydroxylation is 2. The van der Waals surface area contributed by atoms with Crippen LogP contribution in [0.2, 0.25) is 0 Å². The maximum absolute atomic E-state index is 7.26. The Morgan fingerprint density at radius 3 is 2.09 bits per heavy atom. The van der Waals surface area contributed by atoms with Crippen molar-refractivity contribution in [1.29, 1.82) is 0 Å². The van der Waals surface area contributed by atoms with E-state index in [1.165, 1.54) is 56.4 Å². The maximum atomic E-state index is 7.26. The zero-order chi connectivity index (χ0) is 46.1. The first-order valence-corrected chi connectivity index (χ1v) is 21.9. The molecule has 0 spiro atoms. The molecule has 4 nitrogen and oxygen atoms in total. The van der Waals surface area contributed by atoms with Crippen molar-refractivity contribution in [3.05, 3.63) is 197 Å². The van der Waals surface area contributed by atoms with Crippen LogP contribution in [0.1, 0.15) is 90.9 Å². The van der Waals surface area contributed by atoms with Crippen LogP contribution in [0.4, 0.5) is 0 Å². The monoisotopic (exact) mass is 1010 g/mol. The first-order valence-electron chi connectivity index (χ1n) is 23.4. The third-order valence-electron chi connectivity index (χ3n) is 12.7. The second-order valence-electron chi connectivity index (χ2n) is 17.9. The van der Waals surface area contributed by atoms with Crippen molar-refractivity contribution >= 4 is 33.0 Å². The molecule has 5 heteroatoms. The molecule has 0 unspecified atom stereocenters. The fraction of sp³-hybridized carbons (Fsp3) is 0.186. The van der Waals surface area contributed by atoms with Crippen LogP contribution in [-0.2, 0) is 25.5 Å². The average Bonchev–Trinajstić information content (AvgIpc) is 3.97. The number of rotatable bonds is 6. The predicted molar refractivity (Wildman–Crippen MR) is 262 cm³/mol. The van der Waals surface area contributed by atoms with E-state index >= 15 is 0 Å². The quantitative estimate of drug-likeness (QED) is 0.156. The summed E-state index contributed by atoms with van der Waals surface area (Å²) in [7, 11) is 0. The van der Waals surface area contributed by atoms with Crippen LogP contribution >= 0.6 is 0 Å². The Morgan fingerprint density at radius 1 is 0.688 bits per heavy atom. The molecule has 0 aliphatic heterocycles. The number of furan rings is 1. The molecule has 64 heavy (non-hydrogen) atoms. The Balaban J connectivity index is 0.000000264. The molecule has 10 aromatic rings. The number of hydrogen-bond donors (Lipinski definition) is 0.